The molecule has 2 nitrogen and oxygen atoms in total. The summed E-state index contributed by atoms with van der Waals surface area (Å²) >= 11 is 5.92. The Hall–Kier alpha value is -1.79. The first kappa shape index (κ1) is 15.6. The number of benzene rings is 2. The number of aliphatic hydroxyl groups excluding tert-OH is 1. The summed E-state index contributed by atoms with van der Waals surface area (Å²) in [6.07, 6.45) is 0.670. The van der Waals surface area contributed by atoms with Crippen LogP contribution in [-0.2, 0) is 0 Å². The third kappa shape index (κ3) is 5.24. The van der Waals surface area contributed by atoms with E-state index >= 15 is 0 Å². The van der Waals surface area contributed by atoms with Crippen molar-refractivity contribution in [1.82, 2.24) is 5.32 Å². The van der Waals surface area contributed by atoms with Gasteiger partial charge in [0.25, 0.3) is 0 Å². The van der Waals surface area contributed by atoms with Crippen LogP contribution < -0.4 is 5.32 Å². The Morgan fingerprint density at radius 1 is 1.10 bits per heavy atom. The van der Waals surface area contributed by atoms with Gasteiger partial charge in [-0.3, -0.25) is 5.32 Å². The zero-order valence-corrected chi connectivity index (χ0v) is 12.5. The molecule has 0 amide bonds. The molecule has 0 saturated heterocycles. The van der Waals surface area contributed by atoms with Gasteiger partial charge in [-0.05, 0) is 30.2 Å². The fraction of sp³-hybridized carbons (Fsp3) is 0.222. The number of rotatable bonds is 5. The van der Waals surface area contributed by atoms with Gasteiger partial charge >= 0.3 is 0 Å². The third-order valence-electron chi connectivity index (χ3n) is 3.11. The second kappa shape index (κ2) is 8.49. The summed E-state index contributed by atoms with van der Waals surface area (Å²) in [5.74, 6) is 6.16. The maximum absolute atomic E-state index is 9.17. The van der Waals surface area contributed by atoms with Gasteiger partial charge in [-0.25, -0.2) is 0 Å². The van der Waals surface area contributed by atoms with Crippen LogP contribution in [0.25, 0.3) is 0 Å². The molecule has 0 aliphatic heterocycles. The minimum Gasteiger partial charge on any atom is -0.396 e. The Labute approximate surface area is 130 Å². The van der Waals surface area contributed by atoms with Crippen LogP contribution >= 0.6 is 11.6 Å². The average Bonchev–Trinajstić information content (AvgIpc) is 2.51. The van der Waals surface area contributed by atoms with Gasteiger partial charge in [0.2, 0.25) is 0 Å². The number of hydrogen-bond acceptors (Lipinski definition) is 2. The fourth-order valence-corrected chi connectivity index (χ4v) is 2.28. The molecule has 1 unspecified atom stereocenters. The molecule has 0 heterocycles. The van der Waals surface area contributed by atoms with Crippen molar-refractivity contribution < 1.29 is 5.11 Å². The van der Waals surface area contributed by atoms with E-state index in [1.54, 1.807) is 0 Å². The summed E-state index contributed by atoms with van der Waals surface area (Å²) in [6.45, 7) is 0.709. The highest BCUT2D eigenvalue weighted by molar-refractivity contribution is 6.30. The van der Waals surface area contributed by atoms with Gasteiger partial charge < -0.3 is 5.11 Å². The molecule has 0 spiro atoms. The Kier molecular flexibility index (Phi) is 6.30. The van der Waals surface area contributed by atoms with E-state index < -0.39 is 0 Å². The molecule has 1 atom stereocenters. The van der Waals surface area contributed by atoms with Crippen molar-refractivity contribution in [3.8, 4) is 11.8 Å². The number of hydrogen-bond donors (Lipinski definition) is 2. The second-order valence-corrected chi connectivity index (χ2v) is 5.11. The molecule has 0 radical (unpaired) electrons. The van der Waals surface area contributed by atoms with Crippen molar-refractivity contribution in [2.75, 3.05) is 13.2 Å². The molecular weight excluding hydrogens is 282 g/mol. The van der Waals surface area contributed by atoms with E-state index in [2.05, 4.69) is 29.3 Å². The molecule has 0 aromatic heterocycles. The summed E-state index contributed by atoms with van der Waals surface area (Å²) < 4.78 is 0. The van der Waals surface area contributed by atoms with Crippen molar-refractivity contribution in [2.45, 2.75) is 12.5 Å². The maximum atomic E-state index is 9.17. The highest BCUT2D eigenvalue weighted by atomic mass is 35.5. The Morgan fingerprint density at radius 3 is 2.62 bits per heavy atom. The molecule has 3 heteroatoms. The van der Waals surface area contributed by atoms with Crippen LogP contribution in [0.4, 0.5) is 0 Å². The van der Waals surface area contributed by atoms with Crippen molar-refractivity contribution in [3.63, 3.8) is 0 Å². The Bertz CT molecular complexity index is 616. The summed E-state index contributed by atoms with van der Waals surface area (Å²) in [6, 6.07) is 17.7. The minimum absolute atomic E-state index is 0.116. The van der Waals surface area contributed by atoms with Gasteiger partial charge in [0.1, 0.15) is 0 Å². The summed E-state index contributed by atoms with van der Waals surface area (Å²) in [5.41, 5.74) is 2.07. The van der Waals surface area contributed by atoms with E-state index in [4.69, 9.17) is 11.6 Å². The molecule has 21 heavy (non-hydrogen) atoms. The maximum Gasteiger partial charge on any atom is 0.0585 e. The SMILES string of the molecule is OCCC(NCC#Cc1cccc(Cl)c1)c1ccccc1. The van der Waals surface area contributed by atoms with Gasteiger partial charge in [-0.15, -0.1) is 0 Å². The molecule has 0 saturated carbocycles. The molecule has 0 bridgehead atoms. The van der Waals surface area contributed by atoms with Crippen molar-refractivity contribution in [3.05, 3.63) is 70.7 Å². The van der Waals surface area contributed by atoms with Gasteiger partial charge in [0, 0.05) is 23.2 Å². The van der Waals surface area contributed by atoms with Gasteiger partial charge in [0.15, 0.2) is 0 Å². The monoisotopic (exact) mass is 299 g/mol. The van der Waals surface area contributed by atoms with E-state index in [1.807, 2.05) is 42.5 Å². The quantitative estimate of drug-likeness (QED) is 0.829. The van der Waals surface area contributed by atoms with Crippen LogP contribution in [-0.4, -0.2) is 18.3 Å². The Balaban J connectivity index is 1.94. The van der Waals surface area contributed by atoms with E-state index in [9.17, 15) is 5.11 Å². The third-order valence-corrected chi connectivity index (χ3v) is 3.35. The normalized spacial score (nSPS) is 11.5. The summed E-state index contributed by atoms with van der Waals surface area (Å²) in [5, 5.41) is 13.2. The van der Waals surface area contributed by atoms with E-state index in [-0.39, 0.29) is 12.6 Å². The predicted octanol–water partition coefficient (Wildman–Crippen LogP) is 3.40. The fourth-order valence-electron chi connectivity index (χ4n) is 2.09. The van der Waals surface area contributed by atoms with Crippen molar-refractivity contribution in [2.24, 2.45) is 0 Å². The molecule has 0 aliphatic carbocycles. The van der Waals surface area contributed by atoms with Crippen LogP contribution in [0.15, 0.2) is 54.6 Å². The zero-order valence-electron chi connectivity index (χ0n) is 11.7. The largest absolute Gasteiger partial charge is 0.396 e. The minimum atomic E-state index is 0.116. The molecule has 0 aliphatic rings. The van der Waals surface area contributed by atoms with Gasteiger partial charge in [0.05, 0.1) is 6.54 Å². The predicted molar refractivity (Wildman–Crippen MR) is 87.2 cm³/mol. The van der Waals surface area contributed by atoms with Crippen LogP contribution in [0.1, 0.15) is 23.6 Å². The first-order valence-electron chi connectivity index (χ1n) is 6.93. The molecular formula is C18H18ClNO. The zero-order chi connectivity index (χ0) is 14.9. The summed E-state index contributed by atoms with van der Waals surface area (Å²) in [4.78, 5) is 0. The topological polar surface area (TPSA) is 32.3 Å². The van der Waals surface area contributed by atoms with E-state index in [0.717, 1.165) is 11.1 Å². The standard InChI is InChI=1S/C18H18ClNO/c19-17-10-4-6-15(14-17)7-5-12-20-18(11-13-21)16-8-2-1-3-9-16/h1-4,6,8-10,14,18,20-21H,11-13H2. The van der Waals surface area contributed by atoms with Crippen LogP contribution in [0, 0.1) is 11.8 Å². The lowest BCUT2D eigenvalue weighted by Gasteiger charge is -2.16. The second-order valence-electron chi connectivity index (χ2n) is 4.67. The highest BCUT2D eigenvalue weighted by Crippen LogP contribution is 2.15. The highest BCUT2D eigenvalue weighted by Gasteiger charge is 2.08. The summed E-state index contributed by atoms with van der Waals surface area (Å²) in [7, 11) is 0. The molecule has 2 aromatic carbocycles. The molecule has 108 valence electrons. The van der Waals surface area contributed by atoms with E-state index in [1.165, 1.54) is 0 Å². The lowest BCUT2D eigenvalue weighted by Crippen LogP contribution is -2.22. The van der Waals surface area contributed by atoms with Crippen LogP contribution in [0.3, 0.4) is 0 Å². The molecule has 2 rings (SSSR count). The van der Waals surface area contributed by atoms with E-state index in [0.29, 0.717) is 18.0 Å². The van der Waals surface area contributed by atoms with Crippen LogP contribution in [0.5, 0.6) is 0 Å². The van der Waals surface area contributed by atoms with Crippen LogP contribution in [0.2, 0.25) is 5.02 Å². The number of halogens is 1. The average molecular weight is 300 g/mol. The molecule has 0 fully saturated rings. The molecule has 2 aromatic rings. The van der Waals surface area contributed by atoms with Crippen molar-refractivity contribution >= 4 is 11.6 Å². The lowest BCUT2D eigenvalue weighted by atomic mass is 10.0. The van der Waals surface area contributed by atoms with Gasteiger partial charge in [-0.2, -0.15) is 0 Å². The smallest absolute Gasteiger partial charge is 0.0585 e. The molecule has 2 N–H and O–H groups in total. The number of aliphatic hydroxyl groups is 1. The van der Waals surface area contributed by atoms with Gasteiger partial charge in [-0.1, -0.05) is 59.8 Å². The Morgan fingerprint density at radius 2 is 1.90 bits per heavy atom. The van der Waals surface area contributed by atoms with Crippen molar-refractivity contribution in [1.29, 1.82) is 0 Å². The first-order chi connectivity index (χ1) is 10.3. The number of nitrogens with one attached hydrogen (secondary N) is 1. The first-order valence-corrected chi connectivity index (χ1v) is 7.31. The lowest BCUT2D eigenvalue weighted by molar-refractivity contribution is 0.267.